The predicted octanol–water partition coefficient (Wildman–Crippen LogP) is 4.40. The van der Waals surface area contributed by atoms with Crippen molar-refractivity contribution in [1.82, 2.24) is 9.97 Å². The van der Waals surface area contributed by atoms with Gasteiger partial charge in [0, 0.05) is 35.9 Å². The summed E-state index contributed by atoms with van der Waals surface area (Å²) in [6.45, 7) is 3.29. The molecule has 0 saturated carbocycles. The first kappa shape index (κ1) is 22.5. The number of carbonyl (C=O) groups excluding carboxylic acids is 1. The van der Waals surface area contributed by atoms with Crippen LogP contribution in [0.3, 0.4) is 0 Å². The molecule has 0 bridgehead atoms. The lowest BCUT2D eigenvalue weighted by Crippen LogP contribution is -2.36. The van der Waals surface area contributed by atoms with E-state index in [1.807, 2.05) is 30.3 Å². The molecule has 1 saturated heterocycles. The van der Waals surface area contributed by atoms with E-state index in [9.17, 15) is 4.79 Å². The highest BCUT2D eigenvalue weighted by Gasteiger charge is 2.14. The number of carbonyl (C=O) groups is 1. The molecule has 5 rings (SSSR count). The zero-order chi connectivity index (χ0) is 21.9. The number of pyridine rings is 2. The Kier molecular flexibility index (Phi) is 6.72. The number of nitrogens with one attached hydrogen (secondary N) is 1. The highest BCUT2D eigenvalue weighted by Crippen LogP contribution is 2.30. The van der Waals surface area contributed by atoms with Crippen LogP contribution in [0.4, 0.5) is 17.2 Å². The molecular weight excluding hydrogens is 438 g/mol. The summed E-state index contributed by atoms with van der Waals surface area (Å²) in [4.78, 5) is 23.6. The van der Waals surface area contributed by atoms with Gasteiger partial charge in [-0.25, -0.2) is 4.98 Å². The third-order valence-corrected chi connectivity index (χ3v) is 5.58. The van der Waals surface area contributed by atoms with Gasteiger partial charge in [0.15, 0.2) is 0 Å². The quantitative estimate of drug-likeness (QED) is 0.457. The Balaban J connectivity index is 0.00000259. The number of hydrogen-bond acceptors (Lipinski definition) is 6. The van der Waals surface area contributed by atoms with Crippen LogP contribution in [0, 0.1) is 0 Å². The maximum absolute atomic E-state index is 11.9. The van der Waals surface area contributed by atoms with Gasteiger partial charge in [0.05, 0.1) is 35.7 Å². The number of para-hydroxylation sites is 1. The number of rotatable bonds is 5. The lowest BCUT2D eigenvalue weighted by molar-refractivity contribution is 0.100. The number of anilines is 3. The molecule has 0 unspecified atom stereocenters. The molecule has 1 amide bonds. The molecule has 2 aromatic heterocycles. The number of amides is 1. The standard InChI is InChI=1S/C25H23N5O2.ClH/c26-24(31)19-4-1-2-6-21(19)28-25-20-5-3-11-27-23(20)16-22(29-25)17-7-9-18(10-8-17)30-12-14-32-15-13-30;/h1-11,16H,12-15H2,(H2,26,31)(H,28,29);1H. The number of fused-ring (bicyclic) bond motifs is 1. The Morgan fingerprint density at radius 3 is 2.52 bits per heavy atom. The van der Waals surface area contributed by atoms with Crippen LogP contribution in [0.2, 0.25) is 0 Å². The van der Waals surface area contributed by atoms with Crippen molar-refractivity contribution in [3.05, 3.63) is 78.5 Å². The molecule has 0 spiro atoms. The molecule has 3 N–H and O–H groups in total. The van der Waals surface area contributed by atoms with Crippen molar-refractivity contribution in [3.63, 3.8) is 0 Å². The van der Waals surface area contributed by atoms with E-state index in [-0.39, 0.29) is 12.4 Å². The number of morpholine rings is 1. The lowest BCUT2D eigenvalue weighted by atomic mass is 10.1. The SMILES string of the molecule is Cl.NC(=O)c1ccccc1Nc1nc(-c2ccc(N3CCOCC3)cc2)cc2ncccc12. The molecule has 2 aromatic carbocycles. The van der Waals surface area contributed by atoms with Crippen LogP contribution in [-0.4, -0.2) is 42.2 Å². The first-order valence-corrected chi connectivity index (χ1v) is 10.5. The van der Waals surface area contributed by atoms with Gasteiger partial charge in [-0.1, -0.05) is 24.3 Å². The molecule has 0 radical (unpaired) electrons. The van der Waals surface area contributed by atoms with Crippen LogP contribution in [0.5, 0.6) is 0 Å². The van der Waals surface area contributed by atoms with Gasteiger partial charge in [-0.2, -0.15) is 0 Å². The van der Waals surface area contributed by atoms with Gasteiger partial charge < -0.3 is 20.7 Å². The number of ether oxygens (including phenoxy) is 1. The molecule has 3 heterocycles. The molecule has 8 heteroatoms. The minimum atomic E-state index is -0.495. The summed E-state index contributed by atoms with van der Waals surface area (Å²) in [5, 5.41) is 4.16. The summed E-state index contributed by atoms with van der Waals surface area (Å²) < 4.78 is 5.45. The van der Waals surface area contributed by atoms with E-state index in [0.717, 1.165) is 48.5 Å². The second-order valence-electron chi connectivity index (χ2n) is 7.61. The smallest absolute Gasteiger partial charge is 0.250 e. The summed E-state index contributed by atoms with van der Waals surface area (Å²) in [6, 6.07) is 21.3. The van der Waals surface area contributed by atoms with Gasteiger partial charge in [0.25, 0.3) is 5.91 Å². The van der Waals surface area contributed by atoms with Crippen molar-refractivity contribution < 1.29 is 9.53 Å². The van der Waals surface area contributed by atoms with Gasteiger partial charge in [-0.3, -0.25) is 9.78 Å². The van der Waals surface area contributed by atoms with Crippen LogP contribution in [0.15, 0.2) is 72.9 Å². The summed E-state index contributed by atoms with van der Waals surface area (Å²) in [7, 11) is 0. The van der Waals surface area contributed by atoms with E-state index in [1.54, 1.807) is 18.3 Å². The van der Waals surface area contributed by atoms with Crippen LogP contribution in [0.1, 0.15) is 10.4 Å². The van der Waals surface area contributed by atoms with Crippen molar-refractivity contribution in [1.29, 1.82) is 0 Å². The van der Waals surface area contributed by atoms with Gasteiger partial charge in [-0.15, -0.1) is 12.4 Å². The molecule has 0 atom stereocenters. The van der Waals surface area contributed by atoms with E-state index in [0.29, 0.717) is 17.1 Å². The Hall–Kier alpha value is -3.68. The number of primary amides is 1. The van der Waals surface area contributed by atoms with Gasteiger partial charge in [0.1, 0.15) is 5.82 Å². The third-order valence-electron chi connectivity index (χ3n) is 5.58. The number of halogens is 1. The van der Waals surface area contributed by atoms with Crippen LogP contribution < -0.4 is 16.0 Å². The van der Waals surface area contributed by atoms with Crippen molar-refractivity contribution >= 4 is 46.4 Å². The molecule has 0 aliphatic carbocycles. The largest absolute Gasteiger partial charge is 0.378 e. The number of nitrogens with two attached hydrogens (primary N) is 1. The number of aromatic nitrogens is 2. The van der Waals surface area contributed by atoms with E-state index in [1.165, 1.54) is 5.69 Å². The molecular formula is C25H24ClN5O2. The normalized spacial score (nSPS) is 13.4. The van der Waals surface area contributed by atoms with Crippen LogP contribution >= 0.6 is 12.4 Å². The van der Waals surface area contributed by atoms with Gasteiger partial charge >= 0.3 is 0 Å². The van der Waals surface area contributed by atoms with E-state index in [2.05, 4.69) is 39.5 Å². The van der Waals surface area contributed by atoms with E-state index < -0.39 is 5.91 Å². The van der Waals surface area contributed by atoms with E-state index in [4.69, 9.17) is 15.5 Å². The Morgan fingerprint density at radius 1 is 1.00 bits per heavy atom. The second-order valence-corrected chi connectivity index (χ2v) is 7.61. The summed E-state index contributed by atoms with van der Waals surface area (Å²) in [5.74, 6) is 0.127. The maximum atomic E-state index is 11.9. The van der Waals surface area contributed by atoms with Crippen molar-refractivity contribution in [2.45, 2.75) is 0 Å². The summed E-state index contributed by atoms with van der Waals surface area (Å²) in [5.41, 5.74) is 10.3. The maximum Gasteiger partial charge on any atom is 0.250 e. The van der Waals surface area contributed by atoms with Crippen molar-refractivity contribution in [2.24, 2.45) is 5.73 Å². The summed E-state index contributed by atoms with van der Waals surface area (Å²) >= 11 is 0. The zero-order valence-corrected chi connectivity index (χ0v) is 18.7. The average Bonchev–Trinajstić information content (AvgIpc) is 2.85. The molecule has 1 aliphatic rings. The number of nitrogens with zero attached hydrogens (tertiary/aromatic N) is 3. The predicted molar refractivity (Wildman–Crippen MR) is 133 cm³/mol. The molecule has 4 aromatic rings. The Morgan fingerprint density at radius 2 is 1.76 bits per heavy atom. The fraction of sp³-hybridized carbons (Fsp3) is 0.160. The summed E-state index contributed by atoms with van der Waals surface area (Å²) in [6.07, 6.45) is 1.76. The fourth-order valence-corrected chi connectivity index (χ4v) is 3.92. The average molecular weight is 462 g/mol. The molecule has 33 heavy (non-hydrogen) atoms. The minimum Gasteiger partial charge on any atom is -0.378 e. The Labute approximate surface area is 198 Å². The van der Waals surface area contributed by atoms with Crippen LogP contribution in [-0.2, 0) is 4.74 Å². The highest BCUT2D eigenvalue weighted by molar-refractivity contribution is 6.01. The lowest BCUT2D eigenvalue weighted by Gasteiger charge is -2.28. The first-order chi connectivity index (χ1) is 15.7. The third kappa shape index (κ3) is 4.74. The molecule has 168 valence electrons. The molecule has 1 fully saturated rings. The van der Waals surface area contributed by atoms with E-state index >= 15 is 0 Å². The zero-order valence-electron chi connectivity index (χ0n) is 17.9. The van der Waals surface area contributed by atoms with Crippen LogP contribution in [0.25, 0.3) is 22.2 Å². The highest BCUT2D eigenvalue weighted by atomic mass is 35.5. The fourth-order valence-electron chi connectivity index (χ4n) is 3.92. The number of benzene rings is 2. The van der Waals surface area contributed by atoms with Gasteiger partial charge in [0.2, 0.25) is 0 Å². The molecule has 1 aliphatic heterocycles. The Bertz CT molecular complexity index is 1270. The minimum absolute atomic E-state index is 0. The van der Waals surface area contributed by atoms with Gasteiger partial charge in [-0.05, 0) is 42.5 Å². The monoisotopic (exact) mass is 461 g/mol. The second kappa shape index (κ2) is 9.85. The van der Waals surface area contributed by atoms with Crippen molar-refractivity contribution in [2.75, 3.05) is 36.5 Å². The topological polar surface area (TPSA) is 93.4 Å². The first-order valence-electron chi connectivity index (χ1n) is 10.5. The number of hydrogen-bond donors (Lipinski definition) is 2. The van der Waals surface area contributed by atoms with Crippen molar-refractivity contribution in [3.8, 4) is 11.3 Å². The molecule has 7 nitrogen and oxygen atoms in total.